The molecule has 0 spiro atoms. The predicted molar refractivity (Wildman–Crippen MR) is 92.8 cm³/mol. The molecule has 9 heteroatoms. The molecule has 0 aromatic heterocycles. The summed E-state index contributed by atoms with van der Waals surface area (Å²) in [5, 5.41) is 15.5. The second-order valence-corrected chi connectivity index (χ2v) is 5.90. The molecule has 0 saturated heterocycles. The Bertz CT molecular complexity index is 812. The summed E-state index contributed by atoms with van der Waals surface area (Å²) in [6.45, 7) is 0.0415. The van der Waals surface area contributed by atoms with Crippen LogP contribution in [0.5, 0.6) is 0 Å². The van der Waals surface area contributed by atoms with Gasteiger partial charge in [-0.1, -0.05) is 15.9 Å². The number of hydrogen-bond acceptors (Lipinski definition) is 4. The van der Waals surface area contributed by atoms with Crippen LogP contribution in [0, 0.1) is 15.9 Å². The van der Waals surface area contributed by atoms with Gasteiger partial charge in [-0.3, -0.25) is 19.7 Å². The Balaban J connectivity index is 1.82. The number of benzene rings is 2. The first kappa shape index (κ1) is 18.5. The van der Waals surface area contributed by atoms with E-state index in [1.54, 1.807) is 6.07 Å². The monoisotopic (exact) mass is 409 g/mol. The third kappa shape index (κ3) is 5.35. The second kappa shape index (κ2) is 8.34. The molecule has 0 aliphatic heterocycles. The number of nitrogens with one attached hydrogen (secondary N) is 2. The Kier molecular flexibility index (Phi) is 6.18. The van der Waals surface area contributed by atoms with E-state index in [4.69, 9.17) is 0 Å². The van der Waals surface area contributed by atoms with Crippen molar-refractivity contribution in [3.05, 3.63) is 68.4 Å². The first-order valence-electron chi connectivity index (χ1n) is 7.14. The van der Waals surface area contributed by atoms with Crippen LogP contribution in [0.4, 0.5) is 15.8 Å². The summed E-state index contributed by atoms with van der Waals surface area (Å²) in [7, 11) is 0. The molecule has 0 aliphatic rings. The first-order chi connectivity index (χ1) is 11.9. The van der Waals surface area contributed by atoms with Crippen LogP contribution in [0.3, 0.4) is 0 Å². The van der Waals surface area contributed by atoms with Crippen LogP contribution in [-0.4, -0.2) is 23.3 Å². The quantitative estimate of drug-likeness (QED) is 0.564. The van der Waals surface area contributed by atoms with Crippen LogP contribution in [0.1, 0.15) is 16.8 Å². The van der Waals surface area contributed by atoms with Gasteiger partial charge in [-0.15, -0.1) is 0 Å². The molecule has 7 nitrogen and oxygen atoms in total. The fraction of sp³-hybridized carbons (Fsp3) is 0.125. The van der Waals surface area contributed by atoms with Crippen molar-refractivity contribution in [3.63, 3.8) is 0 Å². The smallest absolute Gasteiger partial charge is 0.269 e. The van der Waals surface area contributed by atoms with E-state index in [9.17, 15) is 24.1 Å². The van der Waals surface area contributed by atoms with Gasteiger partial charge in [-0.25, -0.2) is 4.39 Å². The minimum atomic E-state index is -0.572. The van der Waals surface area contributed by atoms with Gasteiger partial charge >= 0.3 is 0 Å². The van der Waals surface area contributed by atoms with E-state index < -0.39 is 22.6 Å². The van der Waals surface area contributed by atoms with Crippen molar-refractivity contribution in [2.24, 2.45) is 0 Å². The standard InChI is InChI=1S/C16H13BrFN3O4/c17-11-3-6-14(13(18)9-11)20-15(22)7-8-19-16(23)10-1-4-12(5-2-10)21(24)25/h1-6,9H,7-8H2,(H,19,23)(H,20,22). The van der Waals surface area contributed by atoms with E-state index in [0.29, 0.717) is 4.47 Å². The SMILES string of the molecule is O=C(CCNC(=O)c1ccc([N+](=O)[O-])cc1)Nc1ccc(Br)cc1F. The van der Waals surface area contributed by atoms with Crippen molar-refractivity contribution in [1.82, 2.24) is 5.32 Å². The number of rotatable bonds is 6. The normalized spacial score (nSPS) is 10.2. The first-order valence-corrected chi connectivity index (χ1v) is 7.93. The average molecular weight is 410 g/mol. The molecule has 0 atom stereocenters. The van der Waals surface area contributed by atoms with Crippen molar-refractivity contribution in [2.45, 2.75) is 6.42 Å². The molecule has 0 bridgehead atoms. The molecular weight excluding hydrogens is 397 g/mol. The van der Waals surface area contributed by atoms with Gasteiger partial charge in [-0.2, -0.15) is 0 Å². The van der Waals surface area contributed by atoms with E-state index in [1.165, 1.54) is 36.4 Å². The molecule has 2 N–H and O–H groups in total. The Morgan fingerprint density at radius 1 is 1.16 bits per heavy atom. The van der Waals surface area contributed by atoms with E-state index in [-0.39, 0.29) is 29.9 Å². The molecule has 2 rings (SSSR count). The Hall–Kier alpha value is -2.81. The van der Waals surface area contributed by atoms with Crippen LogP contribution in [0.25, 0.3) is 0 Å². The van der Waals surface area contributed by atoms with Crippen LogP contribution in [0.15, 0.2) is 46.9 Å². The van der Waals surface area contributed by atoms with E-state index in [1.807, 2.05) is 0 Å². The fourth-order valence-electron chi connectivity index (χ4n) is 1.93. The lowest BCUT2D eigenvalue weighted by Gasteiger charge is -2.08. The summed E-state index contributed by atoms with van der Waals surface area (Å²) in [6.07, 6.45) is -0.0474. The van der Waals surface area contributed by atoms with Gasteiger partial charge in [0.1, 0.15) is 5.82 Å². The van der Waals surface area contributed by atoms with Gasteiger partial charge in [-0.05, 0) is 30.3 Å². The number of amides is 2. The van der Waals surface area contributed by atoms with Crippen molar-refractivity contribution in [3.8, 4) is 0 Å². The van der Waals surface area contributed by atoms with Crippen LogP contribution in [-0.2, 0) is 4.79 Å². The van der Waals surface area contributed by atoms with E-state index >= 15 is 0 Å². The largest absolute Gasteiger partial charge is 0.352 e. The van der Waals surface area contributed by atoms with Crippen LogP contribution in [0.2, 0.25) is 0 Å². The molecule has 2 amide bonds. The Labute approximate surface area is 150 Å². The predicted octanol–water partition coefficient (Wildman–Crippen LogP) is 3.26. The summed E-state index contributed by atoms with van der Waals surface area (Å²) >= 11 is 3.12. The summed E-state index contributed by atoms with van der Waals surface area (Å²) in [5.74, 6) is -1.49. The summed E-state index contributed by atoms with van der Waals surface area (Å²) < 4.78 is 14.2. The third-order valence-corrected chi connectivity index (χ3v) is 3.68. The number of halogens is 2. The van der Waals surface area contributed by atoms with Gasteiger partial charge in [0.2, 0.25) is 5.91 Å². The molecule has 130 valence electrons. The molecule has 0 aliphatic carbocycles. The van der Waals surface area contributed by atoms with Gasteiger partial charge in [0.05, 0.1) is 10.6 Å². The minimum absolute atomic E-state index is 0.0415. The number of nitrogens with zero attached hydrogens (tertiary/aromatic N) is 1. The summed E-state index contributed by atoms with van der Waals surface area (Å²) in [6, 6.07) is 9.33. The van der Waals surface area contributed by atoms with Crippen molar-refractivity contribution in [1.29, 1.82) is 0 Å². The molecule has 25 heavy (non-hydrogen) atoms. The molecule has 0 saturated carbocycles. The highest BCUT2D eigenvalue weighted by molar-refractivity contribution is 9.10. The maximum absolute atomic E-state index is 13.6. The molecule has 0 fully saturated rings. The molecule has 0 heterocycles. The molecular formula is C16H13BrFN3O4. The van der Waals surface area contributed by atoms with E-state index in [2.05, 4.69) is 26.6 Å². The fourth-order valence-corrected chi connectivity index (χ4v) is 2.26. The minimum Gasteiger partial charge on any atom is -0.352 e. The van der Waals surface area contributed by atoms with E-state index in [0.717, 1.165) is 0 Å². The number of nitro benzene ring substituents is 1. The van der Waals surface area contributed by atoms with Gasteiger partial charge in [0, 0.05) is 35.1 Å². The average Bonchev–Trinajstić information content (AvgIpc) is 2.57. The second-order valence-electron chi connectivity index (χ2n) is 4.98. The van der Waals surface area contributed by atoms with Crippen molar-refractivity contribution >= 4 is 39.1 Å². The molecule has 0 radical (unpaired) electrons. The van der Waals surface area contributed by atoms with Gasteiger partial charge < -0.3 is 10.6 Å². The summed E-state index contributed by atoms with van der Waals surface area (Å²) in [5.41, 5.74) is 0.173. The van der Waals surface area contributed by atoms with Crippen LogP contribution >= 0.6 is 15.9 Å². The number of nitro groups is 1. The zero-order valence-corrected chi connectivity index (χ0v) is 14.4. The lowest BCUT2D eigenvalue weighted by Crippen LogP contribution is -2.27. The molecule has 2 aromatic carbocycles. The van der Waals surface area contributed by atoms with Gasteiger partial charge in [0.25, 0.3) is 11.6 Å². The lowest BCUT2D eigenvalue weighted by atomic mass is 10.2. The van der Waals surface area contributed by atoms with Crippen LogP contribution < -0.4 is 10.6 Å². The highest BCUT2D eigenvalue weighted by Crippen LogP contribution is 2.19. The maximum atomic E-state index is 13.6. The topological polar surface area (TPSA) is 101 Å². The zero-order valence-electron chi connectivity index (χ0n) is 12.8. The maximum Gasteiger partial charge on any atom is 0.269 e. The van der Waals surface area contributed by atoms with Gasteiger partial charge in [0.15, 0.2) is 0 Å². The molecule has 2 aromatic rings. The Morgan fingerprint density at radius 3 is 2.44 bits per heavy atom. The molecule has 0 unspecified atom stereocenters. The highest BCUT2D eigenvalue weighted by Gasteiger charge is 2.11. The number of non-ortho nitro benzene ring substituents is 1. The number of hydrogen-bond donors (Lipinski definition) is 2. The number of carbonyl (C=O) groups is 2. The summed E-state index contributed by atoms with van der Waals surface area (Å²) in [4.78, 5) is 33.6. The number of anilines is 1. The third-order valence-electron chi connectivity index (χ3n) is 3.18. The highest BCUT2D eigenvalue weighted by atomic mass is 79.9. The number of carbonyl (C=O) groups excluding carboxylic acids is 2. The Morgan fingerprint density at radius 2 is 1.84 bits per heavy atom. The van der Waals surface area contributed by atoms with Crippen molar-refractivity contribution < 1.29 is 18.9 Å². The lowest BCUT2D eigenvalue weighted by molar-refractivity contribution is -0.384. The zero-order chi connectivity index (χ0) is 18.4. The van der Waals surface area contributed by atoms with Crippen molar-refractivity contribution in [2.75, 3.05) is 11.9 Å².